The minimum absolute atomic E-state index is 0.0672. The van der Waals surface area contributed by atoms with Crippen LogP contribution in [-0.4, -0.2) is 87.0 Å². The van der Waals surface area contributed by atoms with Crippen molar-refractivity contribution in [2.24, 2.45) is 5.92 Å². The van der Waals surface area contributed by atoms with Gasteiger partial charge in [0.25, 0.3) is 5.91 Å². The van der Waals surface area contributed by atoms with Crippen LogP contribution < -0.4 is 15.4 Å². The van der Waals surface area contributed by atoms with Gasteiger partial charge in [-0.05, 0) is 31.4 Å². The molecule has 1 aliphatic rings. The van der Waals surface area contributed by atoms with Crippen LogP contribution in [0.3, 0.4) is 0 Å². The maximum Gasteiger partial charge on any atom is 0.390 e. The Kier molecular flexibility index (Phi) is 10.6. The average molecular weight is 503 g/mol. The Bertz CT molecular complexity index is 853. The number of urea groups is 1. The summed E-state index contributed by atoms with van der Waals surface area (Å²) >= 11 is 0. The Morgan fingerprint density at radius 2 is 1.97 bits per heavy atom. The quantitative estimate of drug-likeness (QED) is 0.615. The first kappa shape index (κ1) is 28.7. The van der Waals surface area contributed by atoms with Crippen molar-refractivity contribution in [1.29, 1.82) is 0 Å². The van der Waals surface area contributed by atoms with E-state index in [4.69, 9.17) is 9.47 Å². The Hall–Kier alpha value is -2.53. The fourth-order valence-corrected chi connectivity index (χ4v) is 3.92. The topological polar surface area (TPSA) is 83.1 Å². The molecule has 0 unspecified atom stereocenters. The zero-order valence-electron chi connectivity index (χ0n) is 21.1. The summed E-state index contributed by atoms with van der Waals surface area (Å²) in [6.45, 7) is 6.66. The number of anilines is 1. The SMILES string of the molecule is CCCNC(=O)Nc1ccc2c(c1)OC[C@H](C)N(CCC(F)(F)F)C[C@@H](C)[C@H](OC)CN(C)C2=O. The summed E-state index contributed by atoms with van der Waals surface area (Å²) in [5.41, 5.74) is 0.731. The first-order valence-electron chi connectivity index (χ1n) is 11.9. The predicted octanol–water partition coefficient (Wildman–Crippen LogP) is 3.98. The van der Waals surface area contributed by atoms with E-state index in [1.54, 1.807) is 37.1 Å². The molecule has 1 aromatic rings. The van der Waals surface area contributed by atoms with Crippen LogP contribution in [0.25, 0.3) is 0 Å². The molecular formula is C24H37F3N4O4. The van der Waals surface area contributed by atoms with Crippen LogP contribution in [0.15, 0.2) is 18.2 Å². The Morgan fingerprint density at radius 3 is 2.60 bits per heavy atom. The number of likely N-dealkylation sites (N-methyl/N-ethyl adjacent to an activating group) is 1. The second-order valence-electron chi connectivity index (χ2n) is 9.05. The van der Waals surface area contributed by atoms with E-state index in [2.05, 4.69) is 10.6 Å². The molecule has 2 rings (SSSR count). The summed E-state index contributed by atoms with van der Waals surface area (Å²) < 4.78 is 50.5. The molecule has 0 bridgehead atoms. The van der Waals surface area contributed by atoms with Crippen LogP contribution in [0.1, 0.15) is 44.0 Å². The molecule has 198 valence electrons. The second-order valence-corrected chi connectivity index (χ2v) is 9.05. The van der Waals surface area contributed by atoms with Gasteiger partial charge in [0.2, 0.25) is 0 Å². The monoisotopic (exact) mass is 502 g/mol. The van der Waals surface area contributed by atoms with Gasteiger partial charge < -0.3 is 25.0 Å². The highest BCUT2D eigenvalue weighted by Crippen LogP contribution is 2.27. The van der Waals surface area contributed by atoms with Crippen molar-refractivity contribution >= 4 is 17.6 Å². The van der Waals surface area contributed by atoms with E-state index in [1.165, 1.54) is 12.0 Å². The molecule has 11 heteroatoms. The molecule has 1 aromatic carbocycles. The van der Waals surface area contributed by atoms with Crippen molar-refractivity contribution in [3.05, 3.63) is 23.8 Å². The highest BCUT2D eigenvalue weighted by molar-refractivity contribution is 5.98. The van der Waals surface area contributed by atoms with E-state index in [0.29, 0.717) is 24.3 Å². The van der Waals surface area contributed by atoms with Crippen LogP contribution in [0, 0.1) is 5.92 Å². The number of methoxy groups -OCH3 is 1. The highest BCUT2D eigenvalue weighted by Gasteiger charge is 2.32. The van der Waals surface area contributed by atoms with Crippen molar-refractivity contribution in [2.45, 2.75) is 51.9 Å². The molecule has 0 fully saturated rings. The molecule has 1 heterocycles. The predicted molar refractivity (Wildman–Crippen MR) is 128 cm³/mol. The number of hydrogen-bond donors (Lipinski definition) is 2. The normalized spacial score (nSPS) is 22.5. The largest absolute Gasteiger partial charge is 0.491 e. The summed E-state index contributed by atoms with van der Waals surface area (Å²) in [5.74, 6) is -0.156. The maximum absolute atomic E-state index is 13.2. The third-order valence-electron chi connectivity index (χ3n) is 6.05. The van der Waals surface area contributed by atoms with E-state index < -0.39 is 12.6 Å². The second kappa shape index (κ2) is 13.0. The van der Waals surface area contributed by atoms with Gasteiger partial charge >= 0.3 is 12.2 Å². The molecule has 0 saturated heterocycles. The number of carbonyl (C=O) groups is 2. The third kappa shape index (κ3) is 8.88. The molecular weight excluding hydrogens is 465 g/mol. The molecule has 1 aliphatic heterocycles. The molecule has 3 amide bonds. The van der Waals surface area contributed by atoms with Crippen molar-refractivity contribution in [2.75, 3.05) is 52.3 Å². The number of alkyl halides is 3. The van der Waals surface area contributed by atoms with Crippen LogP contribution in [-0.2, 0) is 4.74 Å². The number of halogens is 3. The van der Waals surface area contributed by atoms with E-state index in [9.17, 15) is 22.8 Å². The van der Waals surface area contributed by atoms with Crippen LogP contribution in [0.2, 0.25) is 0 Å². The lowest BCUT2D eigenvalue weighted by molar-refractivity contribution is -0.140. The van der Waals surface area contributed by atoms with E-state index in [-0.39, 0.29) is 55.4 Å². The Labute approximate surface area is 205 Å². The Balaban J connectivity index is 2.35. The zero-order valence-corrected chi connectivity index (χ0v) is 21.1. The summed E-state index contributed by atoms with van der Waals surface area (Å²) in [7, 11) is 3.18. The zero-order chi connectivity index (χ0) is 26.2. The highest BCUT2D eigenvalue weighted by atomic mass is 19.4. The number of ether oxygens (including phenoxy) is 2. The van der Waals surface area contributed by atoms with Crippen LogP contribution in [0.4, 0.5) is 23.7 Å². The number of rotatable bonds is 6. The van der Waals surface area contributed by atoms with Gasteiger partial charge in [0, 0.05) is 58.1 Å². The van der Waals surface area contributed by atoms with Gasteiger partial charge in [-0.2, -0.15) is 13.2 Å². The summed E-state index contributed by atoms with van der Waals surface area (Å²) in [6.07, 6.45) is -4.79. The van der Waals surface area contributed by atoms with Gasteiger partial charge in [0.15, 0.2) is 0 Å². The van der Waals surface area contributed by atoms with E-state index >= 15 is 0 Å². The van der Waals surface area contributed by atoms with Gasteiger partial charge in [-0.15, -0.1) is 0 Å². The van der Waals surface area contributed by atoms with Gasteiger partial charge in [0.05, 0.1) is 18.1 Å². The number of carbonyl (C=O) groups excluding carboxylic acids is 2. The van der Waals surface area contributed by atoms with Gasteiger partial charge in [0.1, 0.15) is 12.4 Å². The molecule has 8 nitrogen and oxygen atoms in total. The maximum atomic E-state index is 13.2. The molecule has 35 heavy (non-hydrogen) atoms. The number of nitrogens with zero attached hydrogens (tertiary/aromatic N) is 2. The number of benzene rings is 1. The minimum Gasteiger partial charge on any atom is -0.491 e. The van der Waals surface area contributed by atoms with Crippen LogP contribution in [0.5, 0.6) is 5.75 Å². The summed E-state index contributed by atoms with van der Waals surface area (Å²) in [5, 5.41) is 5.42. The molecule has 0 saturated carbocycles. The lowest BCUT2D eigenvalue weighted by atomic mass is 10.0. The smallest absolute Gasteiger partial charge is 0.390 e. The molecule has 0 radical (unpaired) electrons. The van der Waals surface area contributed by atoms with Crippen molar-refractivity contribution in [3.8, 4) is 5.75 Å². The van der Waals surface area contributed by atoms with Crippen molar-refractivity contribution in [1.82, 2.24) is 15.1 Å². The summed E-state index contributed by atoms with van der Waals surface area (Å²) in [4.78, 5) is 28.5. The van der Waals surface area contributed by atoms with E-state index in [1.807, 2.05) is 13.8 Å². The Morgan fingerprint density at radius 1 is 1.26 bits per heavy atom. The van der Waals surface area contributed by atoms with Crippen LogP contribution >= 0.6 is 0 Å². The molecule has 0 spiro atoms. The number of fused-ring (bicyclic) bond motifs is 1. The fourth-order valence-electron chi connectivity index (χ4n) is 3.92. The third-order valence-corrected chi connectivity index (χ3v) is 6.05. The average Bonchev–Trinajstić information content (AvgIpc) is 2.80. The fraction of sp³-hybridized carbons (Fsp3) is 0.667. The number of amides is 3. The number of hydrogen-bond acceptors (Lipinski definition) is 5. The first-order valence-corrected chi connectivity index (χ1v) is 11.9. The molecule has 0 aliphatic carbocycles. The lowest BCUT2D eigenvalue weighted by Gasteiger charge is -2.36. The molecule has 2 N–H and O–H groups in total. The van der Waals surface area contributed by atoms with Gasteiger partial charge in [-0.1, -0.05) is 13.8 Å². The van der Waals surface area contributed by atoms with Crippen molar-refractivity contribution in [3.63, 3.8) is 0 Å². The standard InChI is InChI=1S/C24H37F3N4O4/c1-6-10-28-23(33)29-18-7-8-19-20(12-18)35-15-17(3)31(11-9-24(25,26)27)13-16(2)21(34-5)14-30(4)22(19)32/h7-8,12,16-17,21H,6,9-11,13-15H2,1-5H3,(H2,28,29,33)/t16-,17+,21-/m1/s1. The van der Waals surface area contributed by atoms with E-state index in [0.717, 1.165) is 6.42 Å². The molecule has 3 atom stereocenters. The first-order chi connectivity index (χ1) is 16.4. The lowest BCUT2D eigenvalue weighted by Crippen LogP contribution is -2.47. The molecule has 0 aromatic heterocycles. The van der Waals surface area contributed by atoms with Gasteiger partial charge in [-0.3, -0.25) is 9.69 Å². The van der Waals surface area contributed by atoms with Crippen molar-refractivity contribution < 1.29 is 32.2 Å². The number of nitrogens with one attached hydrogen (secondary N) is 2. The minimum atomic E-state index is -4.27. The summed E-state index contributed by atoms with van der Waals surface area (Å²) in [6, 6.07) is 4.00. The van der Waals surface area contributed by atoms with Gasteiger partial charge in [-0.25, -0.2) is 4.79 Å².